The largest absolute Gasteiger partial charge is 0.393 e. The Bertz CT molecular complexity index is 236. The standard InChI is InChI=1S/C15H30O5/c1-4-17-6-8-19-13-10-14(16)12(3)15(11-13)20-9-7-18-5-2/h12-16H,4-11H2,1-3H3/t12?,13-,14?,15+/m1/s1. The summed E-state index contributed by atoms with van der Waals surface area (Å²) in [5.41, 5.74) is 0. The van der Waals surface area contributed by atoms with Crippen LogP contribution in [0, 0.1) is 5.92 Å². The first-order chi connectivity index (χ1) is 9.69. The second-order valence-electron chi connectivity index (χ2n) is 5.19. The molecule has 0 aromatic rings. The van der Waals surface area contributed by atoms with Crippen molar-refractivity contribution in [2.45, 2.75) is 51.9 Å². The number of ether oxygens (including phenoxy) is 4. The predicted molar refractivity (Wildman–Crippen MR) is 76.9 cm³/mol. The molecule has 20 heavy (non-hydrogen) atoms. The Morgan fingerprint density at radius 3 is 2.10 bits per heavy atom. The van der Waals surface area contributed by atoms with E-state index in [1.807, 2.05) is 20.8 Å². The van der Waals surface area contributed by atoms with Crippen molar-refractivity contribution in [2.75, 3.05) is 39.6 Å². The first-order valence-corrected chi connectivity index (χ1v) is 7.75. The highest BCUT2D eigenvalue weighted by atomic mass is 16.5. The maximum absolute atomic E-state index is 10.1. The van der Waals surface area contributed by atoms with Crippen molar-refractivity contribution >= 4 is 0 Å². The number of hydrogen-bond donors (Lipinski definition) is 1. The van der Waals surface area contributed by atoms with E-state index in [9.17, 15) is 5.11 Å². The molecule has 1 aliphatic carbocycles. The third-order valence-corrected chi connectivity index (χ3v) is 3.74. The fraction of sp³-hybridized carbons (Fsp3) is 1.00. The van der Waals surface area contributed by atoms with Crippen LogP contribution in [-0.4, -0.2) is 63.1 Å². The van der Waals surface area contributed by atoms with Crippen molar-refractivity contribution in [1.29, 1.82) is 0 Å². The lowest BCUT2D eigenvalue weighted by Crippen LogP contribution is -2.43. The summed E-state index contributed by atoms with van der Waals surface area (Å²) in [5.74, 6) is 0.142. The third-order valence-electron chi connectivity index (χ3n) is 3.74. The van der Waals surface area contributed by atoms with Crippen LogP contribution in [0.25, 0.3) is 0 Å². The molecular weight excluding hydrogens is 260 g/mol. The molecule has 2 unspecified atom stereocenters. The van der Waals surface area contributed by atoms with Crippen LogP contribution in [-0.2, 0) is 18.9 Å². The van der Waals surface area contributed by atoms with Crippen LogP contribution in [0.1, 0.15) is 33.6 Å². The molecule has 120 valence electrons. The zero-order valence-electron chi connectivity index (χ0n) is 13.0. The van der Waals surface area contributed by atoms with E-state index in [0.717, 1.165) is 6.42 Å². The van der Waals surface area contributed by atoms with E-state index >= 15 is 0 Å². The van der Waals surface area contributed by atoms with Crippen LogP contribution in [0.2, 0.25) is 0 Å². The second-order valence-corrected chi connectivity index (χ2v) is 5.19. The molecule has 0 radical (unpaired) electrons. The van der Waals surface area contributed by atoms with E-state index in [2.05, 4.69) is 0 Å². The molecule has 5 heteroatoms. The lowest BCUT2D eigenvalue weighted by molar-refractivity contribution is -0.123. The Balaban J connectivity index is 2.28. The lowest BCUT2D eigenvalue weighted by atomic mass is 9.83. The van der Waals surface area contributed by atoms with Crippen LogP contribution in [0.5, 0.6) is 0 Å². The Morgan fingerprint density at radius 2 is 1.50 bits per heavy atom. The van der Waals surface area contributed by atoms with Gasteiger partial charge in [-0.15, -0.1) is 0 Å². The molecule has 1 fully saturated rings. The van der Waals surface area contributed by atoms with E-state index < -0.39 is 0 Å². The molecule has 0 aliphatic heterocycles. The van der Waals surface area contributed by atoms with Crippen LogP contribution in [0.15, 0.2) is 0 Å². The zero-order valence-corrected chi connectivity index (χ0v) is 13.0. The Kier molecular flexibility index (Phi) is 9.39. The first kappa shape index (κ1) is 17.9. The van der Waals surface area contributed by atoms with Gasteiger partial charge in [0, 0.05) is 25.6 Å². The summed E-state index contributed by atoms with van der Waals surface area (Å²) in [7, 11) is 0. The van der Waals surface area contributed by atoms with Gasteiger partial charge < -0.3 is 24.1 Å². The van der Waals surface area contributed by atoms with Gasteiger partial charge in [-0.25, -0.2) is 0 Å². The van der Waals surface area contributed by atoms with Crippen LogP contribution < -0.4 is 0 Å². The fourth-order valence-electron chi connectivity index (χ4n) is 2.48. The van der Waals surface area contributed by atoms with Crippen molar-refractivity contribution in [3.05, 3.63) is 0 Å². The van der Waals surface area contributed by atoms with Crippen molar-refractivity contribution in [2.24, 2.45) is 5.92 Å². The molecule has 0 amide bonds. The lowest BCUT2D eigenvalue weighted by Gasteiger charge is -2.37. The van der Waals surface area contributed by atoms with Gasteiger partial charge in [-0.05, 0) is 20.3 Å². The predicted octanol–water partition coefficient (Wildman–Crippen LogP) is 1.62. The summed E-state index contributed by atoms with van der Waals surface area (Å²) in [6.45, 7) is 9.73. The van der Waals surface area contributed by atoms with Crippen molar-refractivity contribution in [3.8, 4) is 0 Å². The summed E-state index contributed by atoms with van der Waals surface area (Å²) < 4.78 is 22.1. The summed E-state index contributed by atoms with van der Waals surface area (Å²) in [6, 6.07) is 0. The topological polar surface area (TPSA) is 57.2 Å². The summed E-state index contributed by atoms with van der Waals surface area (Å²) in [5, 5.41) is 10.1. The molecule has 5 nitrogen and oxygen atoms in total. The monoisotopic (exact) mass is 290 g/mol. The van der Waals surface area contributed by atoms with Crippen molar-refractivity contribution in [1.82, 2.24) is 0 Å². The fourth-order valence-corrected chi connectivity index (χ4v) is 2.48. The molecule has 0 aromatic carbocycles. The van der Waals surface area contributed by atoms with Gasteiger partial charge in [0.15, 0.2) is 0 Å². The average molecular weight is 290 g/mol. The number of aliphatic hydroxyl groups is 1. The highest BCUT2D eigenvalue weighted by Crippen LogP contribution is 2.29. The minimum atomic E-state index is -0.363. The molecule has 0 heterocycles. The average Bonchev–Trinajstić information content (AvgIpc) is 2.44. The smallest absolute Gasteiger partial charge is 0.0704 e. The molecule has 0 saturated heterocycles. The minimum absolute atomic E-state index is 0.0382. The van der Waals surface area contributed by atoms with Gasteiger partial charge in [-0.2, -0.15) is 0 Å². The minimum Gasteiger partial charge on any atom is -0.393 e. The molecule has 4 atom stereocenters. The highest BCUT2D eigenvalue weighted by molar-refractivity contribution is 4.85. The van der Waals surface area contributed by atoms with Gasteiger partial charge in [-0.1, -0.05) is 6.92 Å². The van der Waals surface area contributed by atoms with Crippen molar-refractivity contribution in [3.63, 3.8) is 0 Å². The van der Waals surface area contributed by atoms with Crippen LogP contribution >= 0.6 is 0 Å². The van der Waals surface area contributed by atoms with Crippen molar-refractivity contribution < 1.29 is 24.1 Å². The van der Waals surface area contributed by atoms with Gasteiger partial charge in [-0.3, -0.25) is 0 Å². The molecule has 1 N–H and O–H groups in total. The SMILES string of the molecule is CCOCCO[C@@H]1CC(O)C(C)[C@@H](OCCOCC)C1. The van der Waals surface area contributed by atoms with E-state index in [4.69, 9.17) is 18.9 Å². The van der Waals surface area contributed by atoms with Gasteiger partial charge in [0.2, 0.25) is 0 Å². The van der Waals surface area contributed by atoms with Gasteiger partial charge >= 0.3 is 0 Å². The summed E-state index contributed by atoms with van der Waals surface area (Å²) in [4.78, 5) is 0. The summed E-state index contributed by atoms with van der Waals surface area (Å²) in [6.07, 6.45) is 1.24. The van der Waals surface area contributed by atoms with Crippen LogP contribution in [0.3, 0.4) is 0 Å². The number of hydrogen-bond acceptors (Lipinski definition) is 5. The molecule has 0 spiro atoms. The molecule has 1 aliphatic rings. The number of aliphatic hydroxyl groups excluding tert-OH is 1. The summed E-state index contributed by atoms with van der Waals surface area (Å²) >= 11 is 0. The first-order valence-electron chi connectivity index (χ1n) is 7.75. The van der Waals surface area contributed by atoms with E-state index in [1.54, 1.807) is 0 Å². The third kappa shape index (κ3) is 6.50. The molecule has 1 rings (SSSR count). The van der Waals surface area contributed by atoms with E-state index in [1.165, 1.54) is 0 Å². The quantitative estimate of drug-likeness (QED) is 0.620. The Morgan fingerprint density at radius 1 is 0.900 bits per heavy atom. The molecule has 0 aromatic heterocycles. The van der Waals surface area contributed by atoms with E-state index in [0.29, 0.717) is 46.1 Å². The van der Waals surface area contributed by atoms with E-state index in [-0.39, 0.29) is 24.2 Å². The highest BCUT2D eigenvalue weighted by Gasteiger charge is 2.35. The maximum Gasteiger partial charge on any atom is 0.0704 e. The van der Waals surface area contributed by atoms with Gasteiger partial charge in [0.25, 0.3) is 0 Å². The second kappa shape index (κ2) is 10.5. The number of rotatable bonds is 10. The normalized spacial score (nSPS) is 30.6. The Labute approximate surface area is 122 Å². The maximum atomic E-state index is 10.1. The van der Waals surface area contributed by atoms with Crippen LogP contribution in [0.4, 0.5) is 0 Å². The van der Waals surface area contributed by atoms with Gasteiger partial charge in [0.05, 0.1) is 44.7 Å². The zero-order chi connectivity index (χ0) is 14.8. The molecule has 1 saturated carbocycles. The van der Waals surface area contributed by atoms with Gasteiger partial charge in [0.1, 0.15) is 0 Å². The molecule has 0 bridgehead atoms. The Hall–Kier alpha value is -0.200. The molecular formula is C15H30O5.